The van der Waals surface area contributed by atoms with Crippen molar-refractivity contribution in [2.45, 2.75) is 44.6 Å². The summed E-state index contributed by atoms with van der Waals surface area (Å²) >= 11 is 0. The minimum absolute atomic E-state index is 0.194. The maximum atomic E-state index is 12.5. The Balaban J connectivity index is 1.37. The van der Waals surface area contributed by atoms with Crippen molar-refractivity contribution in [3.8, 4) is 0 Å². The Hall–Kier alpha value is -2.73. The van der Waals surface area contributed by atoms with Crippen molar-refractivity contribution >= 4 is 22.5 Å². The summed E-state index contributed by atoms with van der Waals surface area (Å²) < 4.78 is 5.64. The van der Waals surface area contributed by atoms with Crippen LogP contribution in [0.25, 0.3) is 10.9 Å². The number of anilines is 1. The summed E-state index contributed by atoms with van der Waals surface area (Å²) in [5, 5.41) is 11.7. The van der Waals surface area contributed by atoms with Crippen molar-refractivity contribution in [3.05, 3.63) is 53.9 Å². The average Bonchev–Trinajstić information content (AvgIpc) is 3.36. The smallest absolute Gasteiger partial charge is 0.157 e. The number of carbonyl (C=O) groups is 1. The molecule has 3 heterocycles. The number of hydrogen-bond acceptors (Lipinski definition) is 5. The molecule has 0 spiro atoms. The minimum atomic E-state index is 0.194. The van der Waals surface area contributed by atoms with Gasteiger partial charge in [-0.2, -0.15) is 5.10 Å². The third-order valence-corrected chi connectivity index (χ3v) is 5.31. The number of rotatable bonds is 8. The van der Waals surface area contributed by atoms with Crippen LogP contribution in [-0.4, -0.2) is 40.2 Å². The predicted octanol–water partition coefficient (Wildman–Crippen LogP) is 3.85. The number of ketones is 1. The predicted molar refractivity (Wildman–Crippen MR) is 110 cm³/mol. The van der Waals surface area contributed by atoms with Crippen LogP contribution in [0.5, 0.6) is 0 Å². The quantitative estimate of drug-likeness (QED) is 0.622. The van der Waals surface area contributed by atoms with Crippen molar-refractivity contribution in [1.82, 2.24) is 15.2 Å². The third kappa shape index (κ3) is 4.39. The number of nitrogens with one attached hydrogen (secondary N) is 2. The van der Waals surface area contributed by atoms with E-state index in [2.05, 4.69) is 39.6 Å². The maximum Gasteiger partial charge on any atom is 0.157 e. The van der Waals surface area contributed by atoms with Gasteiger partial charge in [0, 0.05) is 37.9 Å². The van der Waals surface area contributed by atoms with Gasteiger partial charge in [0.15, 0.2) is 5.82 Å². The highest BCUT2D eigenvalue weighted by Crippen LogP contribution is 2.23. The van der Waals surface area contributed by atoms with Crippen LogP contribution in [0.15, 0.2) is 42.6 Å². The fraction of sp³-hybridized carbons (Fsp3) is 0.409. The Kier molecular flexibility index (Phi) is 5.67. The van der Waals surface area contributed by atoms with Gasteiger partial charge in [-0.05, 0) is 30.4 Å². The number of nitrogens with zero attached hydrogens (tertiary/aromatic N) is 2. The Morgan fingerprint density at radius 3 is 3.00 bits per heavy atom. The first-order valence-electron chi connectivity index (χ1n) is 9.94. The fourth-order valence-corrected chi connectivity index (χ4v) is 3.72. The molecule has 0 saturated carbocycles. The van der Waals surface area contributed by atoms with Crippen LogP contribution in [0.3, 0.4) is 0 Å². The van der Waals surface area contributed by atoms with Gasteiger partial charge in [-0.1, -0.05) is 37.3 Å². The van der Waals surface area contributed by atoms with E-state index in [-0.39, 0.29) is 17.8 Å². The second kappa shape index (κ2) is 8.52. The lowest BCUT2D eigenvalue weighted by Gasteiger charge is -2.11. The zero-order chi connectivity index (χ0) is 19.3. The molecule has 2 aromatic heterocycles. The molecule has 28 heavy (non-hydrogen) atoms. The number of pyridine rings is 1. The standard InChI is InChI=1S/C22H26N4O2/c1-15(16-6-3-2-4-7-16)10-18(27)11-17-12-21-20(14-23-17)22(26-25-21)24-13-19-8-5-9-28-19/h2-4,6-7,12,14-15,19H,5,8-11,13H2,1H3,(H2,24,25,26)/t15-,19?/m0/s1. The van der Waals surface area contributed by atoms with Crippen molar-refractivity contribution in [3.63, 3.8) is 0 Å². The van der Waals surface area contributed by atoms with Gasteiger partial charge in [0.05, 0.1) is 17.0 Å². The first kappa shape index (κ1) is 18.6. The van der Waals surface area contributed by atoms with Crippen LogP contribution in [0.1, 0.15) is 43.4 Å². The SMILES string of the molecule is C[C@@H](CC(=O)Cc1cc2[nH]nc(NCC3CCCO3)c2cn1)c1ccccc1. The van der Waals surface area contributed by atoms with Gasteiger partial charge in [0.2, 0.25) is 0 Å². The monoisotopic (exact) mass is 378 g/mol. The molecule has 1 aliphatic rings. The number of H-pyrrole nitrogens is 1. The van der Waals surface area contributed by atoms with Crippen LogP contribution >= 0.6 is 0 Å². The Labute approximate surface area is 164 Å². The van der Waals surface area contributed by atoms with Crippen LogP contribution in [-0.2, 0) is 16.0 Å². The average molecular weight is 378 g/mol. The van der Waals surface area contributed by atoms with E-state index >= 15 is 0 Å². The number of aromatic amines is 1. The van der Waals surface area contributed by atoms with E-state index in [1.807, 2.05) is 24.3 Å². The highest BCUT2D eigenvalue weighted by molar-refractivity contribution is 5.90. The summed E-state index contributed by atoms with van der Waals surface area (Å²) in [6.07, 6.45) is 5.10. The summed E-state index contributed by atoms with van der Waals surface area (Å²) in [5.74, 6) is 1.19. The molecule has 0 radical (unpaired) electrons. The largest absolute Gasteiger partial charge is 0.376 e. The molecular formula is C22H26N4O2. The number of carbonyl (C=O) groups excluding carboxylic acids is 1. The molecule has 2 atom stereocenters. The van der Waals surface area contributed by atoms with Gasteiger partial charge in [0.1, 0.15) is 5.78 Å². The van der Waals surface area contributed by atoms with Crippen LogP contribution < -0.4 is 5.32 Å². The van der Waals surface area contributed by atoms with E-state index in [1.54, 1.807) is 6.20 Å². The van der Waals surface area contributed by atoms with Gasteiger partial charge < -0.3 is 10.1 Å². The third-order valence-electron chi connectivity index (χ3n) is 5.31. The van der Waals surface area contributed by atoms with E-state index in [0.717, 1.165) is 48.4 Å². The highest BCUT2D eigenvalue weighted by Gasteiger charge is 2.17. The number of fused-ring (bicyclic) bond motifs is 1. The molecule has 0 aliphatic carbocycles. The highest BCUT2D eigenvalue weighted by atomic mass is 16.5. The Morgan fingerprint density at radius 1 is 1.36 bits per heavy atom. The zero-order valence-electron chi connectivity index (χ0n) is 16.1. The minimum Gasteiger partial charge on any atom is -0.376 e. The van der Waals surface area contributed by atoms with E-state index in [9.17, 15) is 4.79 Å². The van der Waals surface area contributed by atoms with E-state index in [1.165, 1.54) is 5.56 Å². The molecule has 146 valence electrons. The van der Waals surface area contributed by atoms with Gasteiger partial charge in [0.25, 0.3) is 0 Å². The lowest BCUT2D eigenvalue weighted by atomic mass is 9.94. The maximum absolute atomic E-state index is 12.5. The van der Waals surface area contributed by atoms with E-state index in [0.29, 0.717) is 12.8 Å². The second-order valence-electron chi connectivity index (χ2n) is 7.54. The molecule has 1 unspecified atom stereocenters. The molecule has 2 N–H and O–H groups in total. The summed E-state index contributed by atoms with van der Waals surface area (Å²) in [6.45, 7) is 3.68. The topological polar surface area (TPSA) is 79.9 Å². The first-order chi connectivity index (χ1) is 13.7. The summed E-state index contributed by atoms with van der Waals surface area (Å²) in [5.41, 5.74) is 2.85. The summed E-state index contributed by atoms with van der Waals surface area (Å²) in [4.78, 5) is 17.0. The van der Waals surface area contributed by atoms with Gasteiger partial charge in [-0.25, -0.2) is 0 Å². The number of benzene rings is 1. The molecule has 1 saturated heterocycles. The molecule has 1 aromatic carbocycles. The molecule has 6 heteroatoms. The summed E-state index contributed by atoms with van der Waals surface area (Å²) in [7, 11) is 0. The number of hydrogen-bond donors (Lipinski definition) is 2. The van der Waals surface area contributed by atoms with Crippen molar-refractivity contribution < 1.29 is 9.53 Å². The van der Waals surface area contributed by atoms with Crippen LogP contribution in [0, 0.1) is 0 Å². The van der Waals surface area contributed by atoms with Crippen molar-refractivity contribution in [2.75, 3.05) is 18.5 Å². The van der Waals surface area contributed by atoms with Gasteiger partial charge in [-0.3, -0.25) is 14.9 Å². The molecule has 1 aliphatic heterocycles. The number of ether oxygens (including phenoxy) is 1. The lowest BCUT2D eigenvalue weighted by molar-refractivity contribution is -0.118. The fourth-order valence-electron chi connectivity index (χ4n) is 3.72. The van der Waals surface area contributed by atoms with Crippen molar-refractivity contribution in [2.24, 2.45) is 0 Å². The summed E-state index contributed by atoms with van der Waals surface area (Å²) in [6, 6.07) is 12.1. The molecule has 4 rings (SSSR count). The van der Waals surface area contributed by atoms with E-state index in [4.69, 9.17) is 4.74 Å². The van der Waals surface area contributed by atoms with Crippen LogP contribution in [0.2, 0.25) is 0 Å². The molecule has 6 nitrogen and oxygen atoms in total. The normalized spacial score (nSPS) is 17.7. The molecule has 3 aromatic rings. The van der Waals surface area contributed by atoms with Gasteiger partial charge in [-0.15, -0.1) is 0 Å². The van der Waals surface area contributed by atoms with Gasteiger partial charge >= 0.3 is 0 Å². The zero-order valence-corrected chi connectivity index (χ0v) is 16.1. The molecule has 0 amide bonds. The number of aromatic nitrogens is 3. The number of Topliss-reactive ketones (excluding diaryl/α,β-unsaturated/α-hetero) is 1. The molecule has 1 fully saturated rings. The lowest BCUT2D eigenvalue weighted by Crippen LogP contribution is -2.18. The second-order valence-corrected chi connectivity index (χ2v) is 7.54. The molecule has 0 bridgehead atoms. The van der Waals surface area contributed by atoms with Crippen molar-refractivity contribution in [1.29, 1.82) is 0 Å². The molecular weight excluding hydrogens is 352 g/mol. The first-order valence-corrected chi connectivity index (χ1v) is 9.94. The van der Waals surface area contributed by atoms with Crippen LogP contribution in [0.4, 0.5) is 5.82 Å². The Bertz CT molecular complexity index is 932. The van der Waals surface area contributed by atoms with E-state index < -0.39 is 0 Å². The Morgan fingerprint density at radius 2 is 2.21 bits per heavy atom.